The van der Waals surface area contributed by atoms with Gasteiger partial charge in [-0.15, -0.1) is 11.6 Å². The lowest BCUT2D eigenvalue weighted by molar-refractivity contribution is 0.0636. The van der Waals surface area contributed by atoms with E-state index in [1.165, 1.54) is 5.56 Å². The van der Waals surface area contributed by atoms with Crippen molar-refractivity contribution < 1.29 is 9.53 Å². The van der Waals surface area contributed by atoms with Gasteiger partial charge in [0.05, 0.1) is 0 Å². The molecule has 18 heavy (non-hydrogen) atoms. The van der Waals surface area contributed by atoms with Crippen molar-refractivity contribution in [3.8, 4) is 0 Å². The van der Waals surface area contributed by atoms with Gasteiger partial charge < -0.3 is 4.74 Å². The molecule has 0 saturated carbocycles. The molecule has 1 aromatic carbocycles. The van der Waals surface area contributed by atoms with Crippen molar-refractivity contribution in [1.29, 1.82) is 0 Å². The van der Waals surface area contributed by atoms with Crippen molar-refractivity contribution in [1.82, 2.24) is 0 Å². The maximum atomic E-state index is 11.6. The Bertz CT molecular complexity index is 424. The number of hydrogen-bond donors (Lipinski definition) is 1. The zero-order valence-corrected chi connectivity index (χ0v) is 12.1. The van der Waals surface area contributed by atoms with Crippen LogP contribution in [0.25, 0.3) is 0 Å². The summed E-state index contributed by atoms with van der Waals surface area (Å²) in [6.07, 6.45) is 0.347. The first kappa shape index (κ1) is 14.8. The Hall–Kier alpha value is -1.22. The molecule has 0 aromatic heterocycles. The fourth-order valence-corrected chi connectivity index (χ4v) is 1.75. The van der Waals surface area contributed by atoms with Gasteiger partial charge in [-0.3, -0.25) is 5.32 Å². The van der Waals surface area contributed by atoms with Gasteiger partial charge in [0.25, 0.3) is 0 Å². The van der Waals surface area contributed by atoms with Crippen molar-refractivity contribution in [2.75, 3.05) is 11.2 Å². The van der Waals surface area contributed by atoms with E-state index in [1.54, 1.807) is 0 Å². The maximum Gasteiger partial charge on any atom is 0.412 e. The summed E-state index contributed by atoms with van der Waals surface area (Å²) in [4.78, 5) is 11.6. The number of rotatable bonds is 3. The highest BCUT2D eigenvalue weighted by atomic mass is 35.5. The van der Waals surface area contributed by atoms with Crippen molar-refractivity contribution in [2.45, 2.75) is 39.7 Å². The monoisotopic (exact) mass is 269 g/mol. The number of halogens is 1. The molecule has 0 saturated heterocycles. The predicted molar refractivity (Wildman–Crippen MR) is 75.5 cm³/mol. The Balaban J connectivity index is 2.73. The number of aryl methyl sites for hydroxylation is 2. The van der Waals surface area contributed by atoms with Gasteiger partial charge in [0.15, 0.2) is 0 Å². The summed E-state index contributed by atoms with van der Waals surface area (Å²) in [6, 6.07) is 5.76. The number of carbonyl (C=O) groups is 1. The largest absolute Gasteiger partial charge is 0.444 e. The maximum absolute atomic E-state index is 11.6. The van der Waals surface area contributed by atoms with Gasteiger partial charge in [0.2, 0.25) is 0 Å². The zero-order valence-electron chi connectivity index (χ0n) is 11.3. The smallest absolute Gasteiger partial charge is 0.412 e. The number of carbonyl (C=O) groups excluding carboxylic acids is 1. The van der Waals surface area contributed by atoms with Crippen LogP contribution in [0.5, 0.6) is 0 Å². The molecule has 1 rings (SSSR count). The SMILES string of the molecule is Cc1ccc(NC(=O)OC(C)(C)C)cc1CCCl. The van der Waals surface area contributed by atoms with Crippen LogP contribution in [0.4, 0.5) is 10.5 Å². The van der Waals surface area contributed by atoms with Gasteiger partial charge in [-0.2, -0.15) is 0 Å². The van der Waals surface area contributed by atoms with Crippen molar-refractivity contribution in [2.24, 2.45) is 0 Å². The number of benzene rings is 1. The molecule has 0 fully saturated rings. The van der Waals surface area contributed by atoms with Gasteiger partial charge in [0, 0.05) is 11.6 Å². The second-order valence-corrected chi connectivity index (χ2v) is 5.59. The first-order valence-corrected chi connectivity index (χ1v) is 6.51. The summed E-state index contributed by atoms with van der Waals surface area (Å²) in [5.41, 5.74) is 2.55. The van der Waals surface area contributed by atoms with E-state index in [9.17, 15) is 4.79 Å². The molecule has 0 atom stereocenters. The fraction of sp³-hybridized carbons (Fsp3) is 0.500. The third-order valence-corrected chi connectivity index (χ3v) is 2.55. The molecule has 0 bridgehead atoms. The zero-order chi connectivity index (χ0) is 13.8. The molecule has 0 heterocycles. The summed E-state index contributed by atoms with van der Waals surface area (Å²) < 4.78 is 5.20. The molecule has 3 nitrogen and oxygen atoms in total. The van der Waals surface area contributed by atoms with E-state index in [0.29, 0.717) is 5.88 Å². The molecule has 100 valence electrons. The Morgan fingerprint density at radius 1 is 1.39 bits per heavy atom. The molecule has 0 aliphatic carbocycles. The second-order valence-electron chi connectivity index (χ2n) is 5.21. The molecule has 0 radical (unpaired) electrons. The fourth-order valence-electron chi connectivity index (χ4n) is 1.54. The Morgan fingerprint density at radius 2 is 2.06 bits per heavy atom. The minimum Gasteiger partial charge on any atom is -0.444 e. The highest BCUT2D eigenvalue weighted by Gasteiger charge is 2.16. The van der Waals surface area contributed by atoms with Gasteiger partial charge in [0.1, 0.15) is 5.60 Å². The van der Waals surface area contributed by atoms with E-state index in [0.717, 1.165) is 17.7 Å². The lowest BCUT2D eigenvalue weighted by Gasteiger charge is -2.20. The molecule has 0 aliphatic heterocycles. The number of amides is 1. The molecular formula is C14H20ClNO2. The van der Waals surface area contributed by atoms with Crippen LogP contribution < -0.4 is 5.32 Å². The van der Waals surface area contributed by atoms with Gasteiger partial charge in [-0.1, -0.05) is 6.07 Å². The first-order chi connectivity index (χ1) is 8.31. The molecule has 1 N–H and O–H groups in total. The molecule has 4 heteroatoms. The minimum absolute atomic E-state index is 0.442. The Labute approximate surface area is 113 Å². The van der Waals surface area contributed by atoms with Crippen LogP contribution >= 0.6 is 11.6 Å². The van der Waals surface area contributed by atoms with E-state index in [2.05, 4.69) is 5.32 Å². The average Bonchev–Trinajstić information content (AvgIpc) is 2.20. The van der Waals surface area contributed by atoms with Crippen molar-refractivity contribution in [3.63, 3.8) is 0 Å². The number of alkyl halides is 1. The van der Waals surface area contributed by atoms with E-state index < -0.39 is 11.7 Å². The van der Waals surface area contributed by atoms with Crippen LogP contribution in [0.3, 0.4) is 0 Å². The Morgan fingerprint density at radius 3 is 2.61 bits per heavy atom. The van der Waals surface area contributed by atoms with E-state index >= 15 is 0 Å². The molecular weight excluding hydrogens is 250 g/mol. The summed E-state index contributed by atoms with van der Waals surface area (Å²) >= 11 is 5.74. The van der Waals surface area contributed by atoms with Crippen LogP contribution in [0, 0.1) is 6.92 Å². The molecule has 1 aromatic rings. The molecule has 0 unspecified atom stereocenters. The lowest BCUT2D eigenvalue weighted by atomic mass is 10.1. The average molecular weight is 270 g/mol. The summed E-state index contributed by atoms with van der Waals surface area (Å²) in [5.74, 6) is 0.566. The molecule has 1 amide bonds. The van der Waals surface area contributed by atoms with Crippen LogP contribution in [0.1, 0.15) is 31.9 Å². The van der Waals surface area contributed by atoms with Crippen LogP contribution in [0.2, 0.25) is 0 Å². The third-order valence-electron chi connectivity index (χ3n) is 2.36. The third kappa shape index (κ3) is 4.96. The van der Waals surface area contributed by atoms with Crippen molar-refractivity contribution >= 4 is 23.4 Å². The lowest BCUT2D eigenvalue weighted by Crippen LogP contribution is -2.27. The molecule has 0 spiro atoms. The second kappa shape index (κ2) is 6.10. The van der Waals surface area contributed by atoms with Gasteiger partial charge in [-0.25, -0.2) is 4.79 Å². The normalized spacial score (nSPS) is 11.2. The van der Waals surface area contributed by atoms with E-state index in [-0.39, 0.29) is 0 Å². The van der Waals surface area contributed by atoms with Crippen LogP contribution in [-0.2, 0) is 11.2 Å². The predicted octanol–water partition coefficient (Wildman–Crippen LogP) is 4.12. The first-order valence-electron chi connectivity index (χ1n) is 5.97. The van der Waals surface area contributed by atoms with Gasteiger partial charge >= 0.3 is 6.09 Å². The summed E-state index contributed by atoms with van der Waals surface area (Å²) in [7, 11) is 0. The van der Waals surface area contributed by atoms with E-state index in [1.807, 2.05) is 45.9 Å². The van der Waals surface area contributed by atoms with Gasteiger partial charge in [-0.05, 0) is 57.4 Å². The van der Waals surface area contributed by atoms with Crippen LogP contribution in [0.15, 0.2) is 18.2 Å². The standard InChI is InChI=1S/C14H20ClNO2/c1-10-5-6-12(9-11(10)7-8-15)16-13(17)18-14(2,3)4/h5-6,9H,7-8H2,1-4H3,(H,16,17). The van der Waals surface area contributed by atoms with Crippen molar-refractivity contribution in [3.05, 3.63) is 29.3 Å². The highest BCUT2D eigenvalue weighted by molar-refractivity contribution is 6.18. The summed E-state index contributed by atoms with van der Waals surface area (Å²) in [5, 5.41) is 2.72. The molecule has 0 aliphatic rings. The number of nitrogens with one attached hydrogen (secondary N) is 1. The number of anilines is 1. The topological polar surface area (TPSA) is 38.3 Å². The number of ether oxygens (including phenoxy) is 1. The van der Waals surface area contributed by atoms with Crippen LogP contribution in [-0.4, -0.2) is 17.6 Å². The highest BCUT2D eigenvalue weighted by Crippen LogP contribution is 2.17. The van der Waals surface area contributed by atoms with E-state index in [4.69, 9.17) is 16.3 Å². The minimum atomic E-state index is -0.492. The number of hydrogen-bond acceptors (Lipinski definition) is 2. The quantitative estimate of drug-likeness (QED) is 0.838. The Kier molecular flexibility index (Phi) is 5.03. The summed E-state index contributed by atoms with van der Waals surface area (Å²) in [6.45, 7) is 7.53.